The molecule has 0 saturated carbocycles. The molecular weight excluding hydrogens is 322 g/mol. The van der Waals surface area contributed by atoms with E-state index in [2.05, 4.69) is 26.8 Å². The number of aryl methyl sites for hydroxylation is 2. The van der Waals surface area contributed by atoms with Gasteiger partial charge in [0.05, 0.1) is 0 Å². The normalized spacial score (nSPS) is 10.5. The Morgan fingerprint density at radius 3 is 2.83 bits per heavy atom. The molecule has 0 unspecified atom stereocenters. The van der Waals surface area contributed by atoms with Gasteiger partial charge >= 0.3 is 6.03 Å². The van der Waals surface area contributed by atoms with Crippen LogP contribution in [0.15, 0.2) is 54.3 Å². The Morgan fingerprint density at radius 1 is 1.17 bits per heavy atom. The van der Waals surface area contributed by atoms with E-state index in [9.17, 15) is 4.79 Å². The van der Waals surface area contributed by atoms with Gasteiger partial charge in [-0.1, -0.05) is 6.07 Å². The Kier molecular flexibility index (Phi) is 5.57. The Labute approximate surface area is 144 Å². The summed E-state index contributed by atoms with van der Waals surface area (Å²) >= 11 is 1.69. The van der Waals surface area contributed by atoms with Crippen LogP contribution in [0.3, 0.4) is 0 Å². The SMILES string of the molecule is O=C(NCCc1cccs1)Nc1ccn(CCc2ccncc2)n1. The number of amides is 2. The van der Waals surface area contributed by atoms with Gasteiger partial charge in [-0.2, -0.15) is 5.10 Å². The number of hydrogen-bond acceptors (Lipinski definition) is 4. The molecule has 0 aliphatic carbocycles. The molecule has 3 aromatic heterocycles. The van der Waals surface area contributed by atoms with Gasteiger partial charge in [-0.05, 0) is 42.0 Å². The predicted octanol–water partition coefficient (Wildman–Crippen LogP) is 2.95. The third kappa shape index (κ3) is 4.92. The van der Waals surface area contributed by atoms with Crippen molar-refractivity contribution in [2.75, 3.05) is 11.9 Å². The Bertz CT molecular complexity index is 754. The Balaban J connectivity index is 1.41. The summed E-state index contributed by atoms with van der Waals surface area (Å²) in [7, 11) is 0. The van der Waals surface area contributed by atoms with Crippen LogP contribution in [0.2, 0.25) is 0 Å². The van der Waals surface area contributed by atoms with Gasteiger partial charge in [-0.25, -0.2) is 4.79 Å². The van der Waals surface area contributed by atoms with Gasteiger partial charge in [0.25, 0.3) is 0 Å². The van der Waals surface area contributed by atoms with Gasteiger partial charge in [0.15, 0.2) is 5.82 Å². The van der Waals surface area contributed by atoms with E-state index < -0.39 is 0 Å². The molecule has 24 heavy (non-hydrogen) atoms. The molecule has 0 spiro atoms. The zero-order chi connectivity index (χ0) is 16.6. The molecule has 7 heteroatoms. The number of nitrogens with zero attached hydrogens (tertiary/aromatic N) is 3. The third-order valence-corrected chi connectivity index (χ3v) is 4.43. The molecule has 0 radical (unpaired) electrons. The molecule has 3 heterocycles. The van der Waals surface area contributed by atoms with E-state index in [1.54, 1.807) is 29.8 Å². The number of rotatable bonds is 7. The fraction of sp³-hybridized carbons (Fsp3) is 0.235. The summed E-state index contributed by atoms with van der Waals surface area (Å²) in [4.78, 5) is 17.1. The van der Waals surface area contributed by atoms with Crippen LogP contribution in [0.5, 0.6) is 0 Å². The highest BCUT2D eigenvalue weighted by atomic mass is 32.1. The zero-order valence-electron chi connectivity index (χ0n) is 13.2. The fourth-order valence-corrected chi connectivity index (χ4v) is 2.97. The minimum Gasteiger partial charge on any atom is -0.337 e. The quantitative estimate of drug-likeness (QED) is 0.694. The molecular formula is C17H19N5OS. The van der Waals surface area contributed by atoms with Crippen molar-refractivity contribution in [1.29, 1.82) is 0 Å². The van der Waals surface area contributed by atoms with Crippen molar-refractivity contribution in [3.05, 3.63) is 64.7 Å². The van der Waals surface area contributed by atoms with Gasteiger partial charge in [0.1, 0.15) is 0 Å². The summed E-state index contributed by atoms with van der Waals surface area (Å²) in [5, 5.41) is 12.0. The monoisotopic (exact) mass is 341 g/mol. The zero-order valence-corrected chi connectivity index (χ0v) is 14.0. The summed E-state index contributed by atoms with van der Waals surface area (Å²) in [6, 6.07) is 9.62. The fourth-order valence-electron chi connectivity index (χ4n) is 2.26. The first kappa shape index (κ1) is 16.2. The highest BCUT2D eigenvalue weighted by Crippen LogP contribution is 2.08. The van der Waals surface area contributed by atoms with Crippen LogP contribution >= 0.6 is 11.3 Å². The number of nitrogens with one attached hydrogen (secondary N) is 2. The molecule has 3 aromatic rings. The van der Waals surface area contributed by atoms with Crippen LogP contribution in [-0.2, 0) is 19.4 Å². The number of aromatic nitrogens is 3. The minimum atomic E-state index is -0.231. The van der Waals surface area contributed by atoms with Crippen molar-refractivity contribution in [3.8, 4) is 0 Å². The molecule has 2 amide bonds. The second-order valence-corrected chi connectivity index (χ2v) is 6.31. The summed E-state index contributed by atoms with van der Waals surface area (Å²) in [6.45, 7) is 1.36. The molecule has 3 rings (SSSR count). The summed E-state index contributed by atoms with van der Waals surface area (Å²) in [5.74, 6) is 0.554. The van der Waals surface area contributed by atoms with Crippen molar-refractivity contribution in [3.63, 3.8) is 0 Å². The first-order valence-electron chi connectivity index (χ1n) is 7.79. The van der Waals surface area contributed by atoms with Gasteiger partial charge in [-0.3, -0.25) is 15.0 Å². The number of carbonyl (C=O) groups excluding carboxylic acids is 1. The number of urea groups is 1. The average Bonchev–Trinajstić information content (AvgIpc) is 3.26. The number of anilines is 1. The maximum absolute atomic E-state index is 11.9. The Morgan fingerprint density at radius 2 is 2.04 bits per heavy atom. The molecule has 0 aromatic carbocycles. The van der Waals surface area contributed by atoms with Gasteiger partial charge in [0, 0.05) is 42.6 Å². The first-order valence-corrected chi connectivity index (χ1v) is 8.67. The van der Waals surface area contributed by atoms with Crippen molar-refractivity contribution in [2.24, 2.45) is 0 Å². The first-order chi connectivity index (χ1) is 11.8. The summed E-state index contributed by atoms with van der Waals surface area (Å²) in [5.41, 5.74) is 1.21. The molecule has 0 atom stereocenters. The van der Waals surface area contributed by atoms with Crippen molar-refractivity contribution >= 4 is 23.2 Å². The van der Waals surface area contributed by atoms with E-state index in [0.717, 1.165) is 19.4 Å². The van der Waals surface area contributed by atoms with E-state index in [0.29, 0.717) is 12.4 Å². The lowest BCUT2D eigenvalue weighted by molar-refractivity contribution is 0.252. The van der Waals surface area contributed by atoms with Crippen molar-refractivity contribution < 1.29 is 4.79 Å². The summed E-state index contributed by atoms with van der Waals surface area (Å²) in [6.07, 6.45) is 7.14. The molecule has 2 N–H and O–H groups in total. The standard InChI is InChI=1S/C17H19N5OS/c23-17(19-10-5-15-2-1-13-24-15)20-16-7-12-22(21-16)11-6-14-3-8-18-9-4-14/h1-4,7-9,12-13H,5-6,10-11H2,(H2,19,20,21,23). The maximum atomic E-state index is 11.9. The lowest BCUT2D eigenvalue weighted by Crippen LogP contribution is -2.30. The van der Waals surface area contributed by atoms with Crippen molar-refractivity contribution in [1.82, 2.24) is 20.1 Å². The van der Waals surface area contributed by atoms with Gasteiger partial charge in [0.2, 0.25) is 0 Å². The predicted molar refractivity (Wildman–Crippen MR) is 95.2 cm³/mol. The van der Waals surface area contributed by atoms with Crippen LogP contribution < -0.4 is 10.6 Å². The van der Waals surface area contributed by atoms with Crippen LogP contribution in [0.25, 0.3) is 0 Å². The summed E-state index contributed by atoms with van der Waals surface area (Å²) < 4.78 is 1.82. The largest absolute Gasteiger partial charge is 0.337 e. The molecule has 6 nitrogen and oxygen atoms in total. The van der Waals surface area contributed by atoms with E-state index in [1.165, 1.54) is 10.4 Å². The number of carbonyl (C=O) groups is 1. The molecule has 0 fully saturated rings. The van der Waals surface area contributed by atoms with E-state index >= 15 is 0 Å². The second-order valence-electron chi connectivity index (χ2n) is 5.28. The second kappa shape index (κ2) is 8.26. The van der Waals surface area contributed by atoms with E-state index in [-0.39, 0.29) is 6.03 Å². The molecule has 0 aliphatic heterocycles. The van der Waals surface area contributed by atoms with Crippen molar-refractivity contribution in [2.45, 2.75) is 19.4 Å². The lowest BCUT2D eigenvalue weighted by atomic mass is 10.2. The lowest BCUT2D eigenvalue weighted by Gasteiger charge is -2.05. The Hall–Kier alpha value is -2.67. The topological polar surface area (TPSA) is 71.8 Å². The minimum absolute atomic E-state index is 0.231. The molecule has 0 bridgehead atoms. The molecule has 0 saturated heterocycles. The number of hydrogen-bond donors (Lipinski definition) is 2. The van der Waals surface area contributed by atoms with Gasteiger partial charge < -0.3 is 5.32 Å². The van der Waals surface area contributed by atoms with Gasteiger partial charge in [-0.15, -0.1) is 11.3 Å². The molecule has 124 valence electrons. The maximum Gasteiger partial charge on any atom is 0.320 e. The van der Waals surface area contributed by atoms with Crippen LogP contribution in [0.1, 0.15) is 10.4 Å². The number of thiophene rings is 1. The van der Waals surface area contributed by atoms with E-state index in [4.69, 9.17) is 0 Å². The smallest absolute Gasteiger partial charge is 0.320 e. The van der Waals surface area contributed by atoms with Crippen LogP contribution in [-0.4, -0.2) is 27.3 Å². The highest BCUT2D eigenvalue weighted by molar-refractivity contribution is 7.09. The van der Waals surface area contributed by atoms with Crippen LogP contribution in [0, 0.1) is 0 Å². The average molecular weight is 341 g/mol. The third-order valence-electron chi connectivity index (χ3n) is 3.50. The highest BCUT2D eigenvalue weighted by Gasteiger charge is 2.05. The number of pyridine rings is 1. The van der Waals surface area contributed by atoms with Crippen LogP contribution in [0.4, 0.5) is 10.6 Å². The molecule has 0 aliphatic rings. The van der Waals surface area contributed by atoms with E-state index in [1.807, 2.05) is 34.5 Å².